The van der Waals surface area contributed by atoms with Gasteiger partial charge in [0, 0.05) is 30.1 Å². The highest BCUT2D eigenvalue weighted by Gasteiger charge is 2.12. The largest absolute Gasteiger partial charge is 0.326 e. The lowest BCUT2D eigenvalue weighted by Crippen LogP contribution is -2.24. The highest BCUT2D eigenvalue weighted by Crippen LogP contribution is 2.23. The highest BCUT2D eigenvalue weighted by atomic mass is 16.1. The molecule has 0 spiro atoms. The maximum atomic E-state index is 12.6. The number of hydrogen-bond donors (Lipinski definition) is 1. The van der Waals surface area contributed by atoms with Gasteiger partial charge in [-0.3, -0.25) is 9.59 Å². The number of aryl methyl sites for hydroxylation is 6. The van der Waals surface area contributed by atoms with Gasteiger partial charge >= 0.3 is 0 Å². The number of anilines is 1. The van der Waals surface area contributed by atoms with Gasteiger partial charge in [-0.2, -0.15) is 0 Å². The molecule has 27 heavy (non-hydrogen) atoms. The first-order chi connectivity index (χ1) is 12.8. The highest BCUT2D eigenvalue weighted by molar-refractivity contribution is 5.91. The molecule has 1 aromatic heterocycles. The molecular weight excluding hydrogens is 336 g/mol. The molecule has 0 bridgehead atoms. The number of rotatable bonds is 4. The van der Waals surface area contributed by atoms with Crippen LogP contribution in [0.5, 0.6) is 0 Å². The van der Waals surface area contributed by atoms with Crippen LogP contribution in [0.15, 0.2) is 41.2 Å². The van der Waals surface area contributed by atoms with Crippen molar-refractivity contribution in [2.45, 2.75) is 47.6 Å². The summed E-state index contributed by atoms with van der Waals surface area (Å²) in [5.41, 5.74) is 7.07. The Hall–Kier alpha value is -2.88. The van der Waals surface area contributed by atoms with Crippen LogP contribution in [0.3, 0.4) is 0 Å². The normalized spacial score (nSPS) is 11.0. The quantitative estimate of drug-likeness (QED) is 0.739. The summed E-state index contributed by atoms with van der Waals surface area (Å²) in [6, 6.07) is 11.8. The lowest BCUT2D eigenvalue weighted by molar-refractivity contribution is -0.116. The molecule has 0 saturated heterocycles. The number of carbonyl (C=O) groups excluding carboxylic acids is 1. The van der Waals surface area contributed by atoms with Crippen LogP contribution in [-0.4, -0.2) is 10.5 Å². The van der Waals surface area contributed by atoms with Gasteiger partial charge in [-0.05, 0) is 63.4 Å². The second-order valence-electron chi connectivity index (χ2n) is 7.41. The summed E-state index contributed by atoms with van der Waals surface area (Å²) in [6.07, 6.45) is 0.249. The number of fused-ring (bicyclic) bond motifs is 1. The summed E-state index contributed by atoms with van der Waals surface area (Å²) >= 11 is 0. The van der Waals surface area contributed by atoms with E-state index < -0.39 is 0 Å². The van der Waals surface area contributed by atoms with Crippen molar-refractivity contribution in [3.05, 3.63) is 74.6 Å². The number of nitrogens with zero attached hydrogens (tertiary/aromatic N) is 1. The van der Waals surface area contributed by atoms with Crippen LogP contribution in [0.4, 0.5) is 5.69 Å². The van der Waals surface area contributed by atoms with Gasteiger partial charge in [0.2, 0.25) is 5.91 Å². The summed E-state index contributed by atoms with van der Waals surface area (Å²) < 4.78 is 1.72. The Morgan fingerprint density at radius 3 is 2.30 bits per heavy atom. The minimum atomic E-state index is -0.0904. The molecule has 2 aromatic carbocycles. The van der Waals surface area contributed by atoms with E-state index in [2.05, 4.69) is 24.4 Å². The van der Waals surface area contributed by atoms with Crippen molar-refractivity contribution in [2.24, 2.45) is 0 Å². The molecule has 3 aromatic rings. The molecule has 1 heterocycles. The fraction of sp³-hybridized carbons (Fsp3) is 0.304. The van der Waals surface area contributed by atoms with Gasteiger partial charge in [-0.25, -0.2) is 0 Å². The molecule has 0 fully saturated rings. The molecule has 0 aliphatic heterocycles. The Kier molecular flexibility index (Phi) is 5.17. The SMILES string of the molecule is Cc1ccc(NC(=O)CCn2c(=O)cc(C)c3cc(C)cc(C)c32)c(C)c1. The molecule has 1 amide bonds. The topological polar surface area (TPSA) is 51.1 Å². The number of hydrogen-bond acceptors (Lipinski definition) is 2. The van der Waals surface area contributed by atoms with Gasteiger partial charge in [0.1, 0.15) is 0 Å². The van der Waals surface area contributed by atoms with E-state index in [4.69, 9.17) is 0 Å². The number of nitrogens with one attached hydrogen (secondary N) is 1. The summed E-state index contributed by atoms with van der Waals surface area (Å²) in [4.78, 5) is 25.0. The summed E-state index contributed by atoms with van der Waals surface area (Å²) in [6.45, 7) is 10.4. The fourth-order valence-electron chi connectivity index (χ4n) is 3.67. The molecule has 4 heteroatoms. The van der Waals surface area contributed by atoms with E-state index >= 15 is 0 Å². The minimum absolute atomic E-state index is 0.0636. The number of carbonyl (C=O) groups is 1. The minimum Gasteiger partial charge on any atom is -0.326 e. The second kappa shape index (κ2) is 7.39. The third-order valence-electron chi connectivity index (χ3n) is 4.96. The Morgan fingerprint density at radius 2 is 1.59 bits per heavy atom. The molecule has 0 aliphatic rings. The first kappa shape index (κ1) is 18.9. The van der Waals surface area contributed by atoms with E-state index in [1.807, 2.05) is 45.9 Å². The van der Waals surface area contributed by atoms with Gasteiger partial charge in [0.25, 0.3) is 5.56 Å². The third kappa shape index (κ3) is 3.95. The van der Waals surface area contributed by atoms with Crippen molar-refractivity contribution in [2.75, 3.05) is 5.32 Å². The molecule has 0 saturated carbocycles. The zero-order chi connectivity index (χ0) is 19.7. The average molecular weight is 362 g/mol. The van der Waals surface area contributed by atoms with Crippen LogP contribution in [0, 0.1) is 34.6 Å². The zero-order valence-electron chi connectivity index (χ0n) is 16.6. The second-order valence-corrected chi connectivity index (χ2v) is 7.41. The van der Waals surface area contributed by atoms with Crippen molar-refractivity contribution in [3.63, 3.8) is 0 Å². The van der Waals surface area contributed by atoms with Crippen molar-refractivity contribution in [1.82, 2.24) is 4.57 Å². The molecule has 0 unspecified atom stereocenters. The number of pyridine rings is 1. The molecular formula is C23H26N2O2. The third-order valence-corrected chi connectivity index (χ3v) is 4.96. The molecule has 0 aliphatic carbocycles. The Labute approximate surface area is 159 Å². The molecule has 3 rings (SSSR count). The van der Waals surface area contributed by atoms with Crippen molar-refractivity contribution in [1.29, 1.82) is 0 Å². The van der Waals surface area contributed by atoms with Crippen LogP contribution >= 0.6 is 0 Å². The van der Waals surface area contributed by atoms with Gasteiger partial charge in [-0.15, -0.1) is 0 Å². The predicted octanol–water partition coefficient (Wildman–Crippen LogP) is 4.57. The first-order valence-electron chi connectivity index (χ1n) is 9.25. The van der Waals surface area contributed by atoms with E-state index in [1.54, 1.807) is 10.6 Å². The van der Waals surface area contributed by atoms with Crippen LogP contribution in [0.2, 0.25) is 0 Å². The van der Waals surface area contributed by atoms with Gasteiger partial charge in [0.15, 0.2) is 0 Å². The van der Waals surface area contributed by atoms with Crippen LogP contribution in [0.1, 0.15) is 34.2 Å². The Balaban J connectivity index is 1.87. The average Bonchev–Trinajstić information content (AvgIpc) is 2.57. The number of amides is 1. The molecule has 140 valence electrons. The summed E-state index contributed by atoms with van der Waals surface area (Å²) in [5.74, 6) is -0.0904. The number of aromatic nitrogens is 1. The monoisotopic (exact) mass is 362 g/mol. The maximum Gasteiger partial charge on any atom is 0.251 e. The van der Waals surface area contributed by atoms with E-state index in [0.717, 1.165) is 38.8 Å². The van der Waals surface area contributed by atoms with Crippen LogP contribution in [-0.2, 0) is 11.3 Å². The van der Waals surface area contributed by atoms with Gasteiger partial charge < -0.3 is 9.88 Å². The molecule has 0 atom stereocenters. The van der Waals surface area contributed by atoms with Crippen LogP contribution < -0.4 is 10.9 Å². The van der Waals surface area contributed by atoms with Gasteiger partial charge in [-0.1, -0.05) is 29.3 Å². The predicted molar refractivity (Wildman–Crippen MR) is 112 cm³/mol. The van der Waals surface area contributed by atoms with Crippen molar-refractivity contribution in [3.8, 4) is 0 Å². The Morgan fingerprint density at radius 1 is 0.889 bits per heavy atom. The molecule has 0 radical (unpaired) electrons. The van der Waals surface area contributed by atoms with E-state index in [1.165, 1.54) is 5.56 Å². The summed E-state index contributed by atoms with van der Waals surface area (Å²) in [5, 5.41) is 4.03. The van der Waals surface area contributed by atoms with E-state index in [0.29, 0.717) is 6.54 Å². The van der Waals surface area contributed by atoms with Crippen LogP contribution in [0.25, 0.3) is 10.9 Å². The fourth-order valence-corrected chi connectivity index (χ4v) is 3.67. The molecule has 1 N–H and O–H groups in total. The standard InChI is InChI=1S/C23H26N2O2/c1-14-6-7-20(17(4)10-14)24-21(26)8-9-25-22(27)13-16(3)19-12-15(2)11-18(5)23(19)25/h6-7,10-13H,8-9H2,1-5H3,(H,24,26). The maximum absolute atomic E-state index is 12.6. The van der Waals surface area contributed by atoms with Crippen molar-refractivity contribution < 1.29 is 4.79 Å². The lowest BCUT2D eigenvalue weighted by Gasteiger charge is -2.15. The first-order valence-corrected chi connectivity index (χ1v) is 9.25. The zero-order valence-corrected chi connectivity index (χ0v) is 16.6. The number of benzene rings is 2. The summed E-state index contributed by atoms with van der Waals surface area (Å²) in [7, 11) is 0. The van der Waals surface area contributed by atoms with E-state index in [9.17, 15) is 9.59 Å². The van der Waals surface area contributed by atoms with E-state index in [-0.39, 0.29) is 17.9 Å². The van der Waals surface area contributed by atoms with Gasteiger partial charge in [0.05, 0.1) is 5.52 Å². The smallest absolute Gasteiger partial charge is 0.251 e. The Bertz CT molecular complexity index is 1090. The molecule has 4 nitrogen and oxygen atoms in total. The van der Waals surface area contributed by atoms with Crippen molar-refractivity contribution >= 4 is 22.5 Å². The lowest BCUT2D eigenvalue weighted by atomic mass is 10.0.